The number of allylic oxidation sites excluding steroid dienone is 3. The SMILES string of the molecule is CC(=O)NC1=C(Oc2ccc(Cl)cc2Cl)CCC=CC1. The molecule has 106 valence electrons. The van der Waals surface area contributed by atoms with Crippen molar-refractivity contribution >= 4 is 29.1 Å². The molecule has 20 heavy (non-hydrogen) atoms. The average Bonchev–Trinajstić information content (AvgIpc) is 2.58. The Bertz CT molecular complexity index is 579. The predicted octanol–water partition coefficient (Wildman–Crippen LogP) is 4.46. The van der Waals surface area contributed by atoms with Gasteiger partial charge in [0.1, 0.15) is 11.5 Å². The lowest BCUT2D eigenvalue weighted by Crippen LogP contribution is -2.21. The van der Waals surface area contributed by atoms with E-state index in [-0.39, 0.29) is 5.91 Å². The molecule has 0 atom stereocenters. The lowest BCUT2D eigenvalue weighted by atomic mass is 10.2. The maximum atomic E-state index is 11.3. The summed E-state index contributed by atoms with van der Waals surface area (Å²) in [7, 11) is 0. The molecular formula is C15H15Cl2NO2. The molecule has 0 spiro atoms. The van der Waals surface area contributed by atoms with Gasteiger partial charge in [0, 0.05) is 24.8 Å². The van der Waals surface area contributed by atoms with Crippen LogP contribution in [-0.2, 0) is 4.79 Å². The Hall–Kier alpha value is -1.45. The van der Waals surface area contributed by atoms with Gasteiger partial charge in [-0.15, -0.1) is 0 Å². The fourth-order valence-corrected chi connectivity index (χ4v) is 2.38. The molecule has 3 nitrogen and oxygen atoms in total. The summed E-state index contributed by atoms with van der Waals surface area (Å²) in [6.45, 7) is 1.48. The minimum absolute atomic E-state index is 0.112. The van der Waals surface area contributed by atoms with Gasteiger partial charge in [-0.3, -0.25) is 4.79 Å². The lowest BCUT2D eigenvalue weighted by Gasteiger charge is -2.15. The molecule has 0 unspecified atom stereocenters. The van der Waals surface area contributed by atoms with Gasteiger partial charge in [0.25, 0.3) is 0 Å². The van der Waals surface area contributed by atoms with E-state index in [1.165, 1.54) is 6.92 Å². The first-order chi connectivity index (χ1) is 9.56. The topological polar surface area (TPSA) is 38.3 Å². The van der Waals surface area contributed by atoms with E-state index in [0.29, 0.717) is 28.6 Å². The molecule has 0 radical (unpaired) electrons. The van der Waals surface area contributed by atoms with Gasteiger partial charge in [-0.1, -0.05) is 35.4 Å². The van der Waals surface area contributed by atoms with Crippen molar-refractivity contribution in [1.29, 1.82) is 0 Å². The van der Waals surface area contributed by atoms with E-state index in [9.17, 15) is 4.79 Å². The highest BCUT2D eigenvalue weighted by atomic mass is 35.5. The van der Waals surface area contributed by atoms with Crippen LogP contribution in [0.1, 0.15) is 26.2 Å². The minimum atomic E-state index is -0.112. The van der Waals surface area contributed by atoms with Gasteiger partial charge < -0.3 is 10.1 Å². The normalized spacial score (nSPS) is 14.9. The van der Waals surface area contributed by atoms with E-state index in [2.05, 4.69) is 11.4 Å². The first-order valence-electron chi connectivity index (χ1n) is 6.34. The fraction of sp³-hybridized carbons (Fsp3) is 0.267. The Morgan fingerprint density at radius 1 is 1.30 bits per heavy atom. The Kier molecular flexibility index (Phi) is 5.10. The van der Waals surface area contributed by atoms with Crippen molar-refractivity contribution < 1.29 is 9.53 Å². The quantitative estimate of drug-likeness (QED) is 0.837. The van der Waals surface area contributed by atoms with Crippen molar-refractivity contribution in [3.05, 3.63) is 51.9 Å². The summed E-state index contributed by atoms with van der Waals surface area (Å²) in [5.41, 5.74) is 0.775. The molecule has 0 aliphatic heterocycles. The van der Waals surface area contributed by atoms with E-state index in [1.807, 2.05) is 6.08 Å². The number of hydrogen-bond donors (Lipinski definition) is 1. The van der Waals surface area contributed by atoms with E-state index in [0.717, 1.165) is 17.9 Å². The fourth-order valence-electron chi connectivity index (χ4n) is 1.93. The highest BCUT2D eigenvalue weighted by Gasteiger charge is 2.14. The second kappa shape index (κ2) is 6.82. The van der Waals surface area contributed by atoms with Crippen molar-refractivity contribution in [1.82, 2.24) is 5.32 Å². The number of amides is 1. The van der Waals surface area contributed by atoms with Gasteiger partial charge in [0.05, 0.1) is 10.7 Å². The summed E-state index contributed by atoms with van der Waals surface area (Å²) < 4.78 is 5.87. The molecule has 0 saturated heterocycles. The molecule has 1 N–H and O–H groups in total. The van der Waals surface area contributed by atoms with Gasteiger partial charge in [-0.2, -0.15) is 0 Å². The van der Waals surface area contributed by atoms with E-state index in [1.54, 1.807) is 18.2 Å². The zero-order valence-electron chi connectivity index (χ0n) is 11.1. The maximum absolute atomic E-state index is 11.3. The van der Waals surface area contributed by atoms with Gasteiger partial charge in [-0.25, -0.2) is 0 Å². The third-order valence-corrected chi connectivity index (χ3v) is 3.35. The second-order valence-corrected chi connectivity index (χ2v) is 5.32. The summed E-state index contributed by atoms with van der Waals surface area (Å²) >= 11 is 12.0. The van der Waals surface area contributed by atoms with E-state index >= 15 is 0 Å². The third kappa shape index (κ3) is 4.02. The molecule has 0 saturated carbocycles. The Morgan fingerprint density at radius 2 is 2.10 bits per heavy atom. The highest BCUT2D eigenvalue weighted by Crippen LogP contribution is 2.31. The van der Waals surface area contributed by atoms with Crippen LogP contribution in [0, 0.1) is 0 Å². The van der Waals surface area contributed by atoms with Crippen molar-refractivity contribution in [3.63, 3.8) is 0 Å². The standard InChI is InChI=1S/C15H15Cl2NO2/c1-10(19)18-13-5-3-2-4-6-15(13)20-14-8-7-11(16)9-12(14)17/h2-3,7-9H,4-6H2,1H3,(H,18,19). The predicted molar refractivity (Wildman–Crippen MR) is 80.9 cm³/mol. The highest BCUT2D eigenvalue weighted by molar-refractivity contribution is 6.35. The minimum Gasteiger partial charge on any atom is -0.458 e. The first kappa shape index (κ1) is 14.9. The second-order valence-electron chi connectivity index (χ2n) is 4.47. The van der Waals surface area contributed by atoms with Crippen LogP contribution in [-0.4, -0.2) is 5.91 Å². The van der Waals surface area contributed by atoms with E-state index in [4.69, 9.17) is 27.9 Å². The third-order valence-electron chi connectivity index (χ3n) is 2.82. The molecular weight excluding hydrogens is 297 g/mol. The largest absolute Gasteiger partial charge is 0.458 e. The van der Waals surface area contributed by atoms with Crippen LogP contribution in [0.3, 0.4) is 0 Å². The van der Waals surface area contributed by atoms with Crippen LogP contribution in [0.4, 0.5) is 0 Å². The summed E-state index contributed by atoms with van der Waals surface area (Å²) in [6.07, 6.45) is 6.31. The van der Waals surface area contributed by atoms with Crippen LogP contribution < -0.4 is 10.1 Å². The van der Waals surface area contributed by atoms with Crippen molar-refractivity contribution in [3.8, 4) is 5.75 Å². The molecule has 0 aromatic heterocycles. The smallest absolute Gasteiger partial charge is 0.221 e. The average molecular weight is 312 g/mol. The lowest BCUT2D eigenvalue weighted by molar-refractivity contribution is -0.118. The van der Waals surface area contributed by atoms with Crippen molar-refractivity contribution in [2.24, 2.45) is 0 Å². The monoisotopic (exact) mass is 311 g/mol. The van der Waals surface area contributed by atoms with Gasteiger partial charge >= 0.3 is 0 Å². The summed E-state index contributed by atoms with van der Waals surface area (Å²) in [6, 6.07) is 5.07. The number of halogens is 2. The zero-order valence-corrected chi connectivity index (χ0v) is 12.6. The summed E-state index contributed by atoms with van der Waals surface area (Å²) in [4.78, 5) is 11.3. The molecule has 1 amide bonds. The number of nitrogens with one attached hydrogen (secondary N) is 1. The van der Waals surface area contributed by atoms with Gasteiger partial charge in [0.2, 0.25) is 5.91 Å². The first-order valence-corrected chi connectivity index (χ1v) is 7.09. The molecule has 5 heteroatoms. The Balaban J connectivity index is 2.26. The van der Waals surface area contributed by atoms with Crippen LogP contribution >= 0.6 is 23.2 Å². The van der Waals surface area contributed by atoms with Gasteiger partial charge in [0.15, 0.2) is 0 Å². The molecule has 1 aromatic carbocycles. The van der Waals surface area contributed by atoms with Crippen molar-refractivity contribution in [2.75, 3.05) is 0 Å². The van der Waals surface area contributed by atoms with Crippen LogP contribution in [0.15, 0.2) is 41.8 Å². The summed E-state index contributed by atoms with van der Waals surface area (Å²) in [5.74, 6) is 1.16. The number of benzene rings is 1. The summed E-state index contributed by atoms with van der Waals surface area (Å²) in [5, 5.41) is 3.82. The van der Waals surface area contributed by atoms with Crippen LogP contribution in [0.25, 0.3) is 0 Å². The van der Waals surface area contributed by atoms with Crippen LogP contribution in [0.5, 0.6) is 5.75 Å². The molecule has 0 bridgehead atoms. The number of hydrogen-bond acceptors (Lipinski definition) is 2. The molecule has 0 fully saturated rings. The van der Waals surface area contributed by atoms with Crippen molar-refractivity contribution in [2.45, 2.75) is 26.2 Å². The Labute approximate surface area is 128 Å². The number of carbonyl (C=O) groups excluding carboxylic acids is 1. The molecule has 0 heterocycles. The zero-order chi connectivity index (χ0) is 14.5. The molecule has 1 aromatic rings. The number of ether oxygens (including phenoxy) is 1. The Morgan fingerprint density at radius 3 is 2.80 bits per heavy atom. The maximum Gasteiger partial charge on any atom is 0.221 e. The molecule has 1 aliphatic carbocycles. The number of rotatable bonds is 3. The number of carbonyl (C=O) groups is 1. The van der Waals surface area contributed by atoms with Gasteiger partial charge in [-0.05, 0) is 24.6 Å². The molecule has 2 rings (SSSR count). The van der Waals surface area contributed by atoms with Crippen LogP contribution in [0.2, 0.25) is 10.0 Å². The van der Waals surface area contributed by atoms with E-state index < -0.39 is 0 Å². The molecule has 1 aliphatic rings.